The van der Waals surface area contributed by atoms with Gasteiger partial charge in [-0.1, -0.05) is 5.16 Å². The van der Waals surface area contributed by atoms with Gasteiger partial charge < -0.3 is 25.6 Å². The van der Waals surface area contributed by atoms with Gasteiger partial charge in [0, 0.05) is 43.6 Å². The SMILES string of the molecule is O=C(N[C@H]1CC[C@H](C(=O)NCCNCCO)CC1)c1cc(C2CC2)on1. The molecule has 144 valence electrons. The summed E-state index contributed by atoms with van der Waals surface area (Å²) in [7, 11) is 0. The van der Waals surface area contributed by atoms with Crippen LogP contribution in [-0.2, 0) is 4.79 Å². The standard InChI is InChI=1S/C18H28N4O4/c23-10-9-19-7-8-20-17(24)13-3-5-14(6-4-13)21-18(25)15-11-16(26-22-15)12-1-2-12/h11-14,19,23H,1-10H2,(H,20,24)(H,21,25)/t13-,14-. The molecule has 4 N–H and O–H groups in total. The smallest absolute Gasteiger partial charge is 0.273 e. The Morgan fingerprint density at radius 2 is 1.88 bits per heavy atom. The van der Waals surface area contributed by atoms with E-state index in [0.717, 1.165) is 44.3 Å². The van der Waals surface area contributed by atoms with E-state index in [2.05, 4.69) is 21.1 Å². The van der Waals surface area contributed by atoms with Crippen LogP contribution in [0.25, 0.3) is 0 Å². The van der Waals surface area contributed by atoms with Crippen molar-refractivity contribution in [2.24, 2.45) is 5.92 Å². The fourth-order valence-corrected chi connectivity index (χ4v) is 3.34. The summed E-state index contributed by atoms with van der Waals surface area (Å²) < 4.78 is 5.23. The minimum absolute atomic E-state index is 0.00881. The molecule has 0 unspecified atom stereocenters. The number of carbonyl (C=O) groups is 2. The molecule has 2 saturated carbocycles. The number of hydrogen-bond donors (Lipinski definition) is 4. The van der Waals surface area contributed by atoms with E-state index in [1.165, 1.54) is 0 Å². The van der Waals surface area contributed by atoms with Gasteiger partial charge in [0.2, 0.25) is 5.91 Å². The van der Waals surface area contributed by atoms with E-state index in [1.54, 1.807) is 6.07 Å². The Morgan fingerprint density at radius 3 is 2.58 bits per heavy atom. The Morgan fingerprint density at radius 1 is 1.12 bits per heavy atom. The van der Waals surface area contributed by atoms with E-state index >= 15 is 0 Å². The number of amides is 2. The molecule has 0 aliphatic heterocycles. The van der Waals surface area contributed by atoms with Crippen LogP contribution in [0, 0.1) is 5.92 Å². The lowest BCUT2D eigenvalue weighted by Gasteiger charge is -2.28. The third-order valence-electron chi connectivity index (χ3n) is 5.06. The second kappa shape index (κ2) is 9.14. The van der Waals surface area contributed by atoms with Crippen molar-refractivity contribution in [2.75, 3.05) is 26.2 Å². The Balaban J connectivity index is 1.35. The quantitative estimate of drug-likeness (QED) is 0.475. The Hall–Kier alpha value is -1.93. The molecule has 1 aromatic heterocycles. The molecule has 1 heterocycles. The van der Waals surface area contributed by atoms with Gasteiger partial charge in [-0.25, -0.2) is 0 Å². The molecule has 2 fully saturated rings. The molecule has 0 saturated heterocycles. The van der Waals surface area contributed by atoms with Gasteiger partial charge in [0.15, 0.2) is 5.69 Å². The predicted octanol–water partition coefficient (Wildman–Crippen LogP) is 0.539. The molecular weight excluding hydrogens is 336 g/mol. The molecule has 0 atom stereocenters. The van der Waals surface area contributed by atoms with Gasteiger partial charge in [-0.05, 0) is 38.5 Å². The molecular formula is C18H28N4O4. The summed E-state index contributed by atoms with van der Waals surface area (Å²) in [5.74, 6) is 1.14. The number of nitrogens with zero attached hydrogens (tertiary/aromatic N) is 1. The largest absolute Gasteiger partial charge is 0.395 e. The lowest BCUT2D eigenvalue weighted by Crippen LogP contribution is -2.42. The molecule has 3 rings (SSSR count). The molecule has 0 aromatic carbocycles. The highest BCUT2D eigenvalue weighted by molar-refractivity contribution is 5.92. The number of aliphatic hydroxyl groups excluding tert-OH is 1. The van der Waals surface area contributed by atoms with Crippen molar-refractivity contribution in [3.8, 4) is 0 Å². The average Bonchev–Trinajstić information content (AvgIpc) is 3.38. The highest BCUT2D eigenvalue weighted by Gasteiger charge is 2.30. The molecule has 0 radical (unpaired) electrons. The zero-order valence-corrected chi connectivity index (χ0v) is 15.0. The minimum Gasteiger partial charge on any atom is -0.395 e. The summed E-state index contributed by atoms with van der Waals surface area (Å²) in [5, 5.41) is 21.5. The second-order valence-corrected chi connectivity index (χ2v) is 7.18. The first-order chi connectivity index (χ1) is 12.7. The van der Waals surface area contributed by atoms with Crippen molar-refractivity contribution < 1.29 is 19.2 Å². The molecule has 2 aliphatic rings. The summed E-state index contributed by atoms with van der Waals surface area (Å²) in [6, 6.07) is 1.83. The Bertz CT molecular complexity index is 606. The van der Waals surface area contributed by atoms with E-state index in [1.807, 2.05) is 0 Å². The third kappa shape index (κ3) is 5.28. The first-order valence-electron chi connectivity index (χ1n) is 9.54. The predicted molar refractivity (Wildman–Crippen MR) is 94.7 cm³/mol. The molecule has 0 spiro atoms. The van der Waals surface area contributed by atoms with Crippen molar-refractivity contribution in [1.82, 2.24) is 21.1 Å². The highest BCUT2D eigenvalue weighted by Crippen LogP contribution is 2.40. The van der Waals surface area contributed by atoms with E-state index in [4.69, 9.17) is 9.63 Å². The molecule has 8 heteroatoms. The number of aromatic nitrogens is 1. The zero-order chi connectivity index (χ0) is 18.4. The van der Waals surface area contributed by atoms with Gasteiger partial charge in [-0.3, -0.25) is 9.59 Å². The van der Waals surface area contributed by atoms with Crippen LogP contribution in [0.15, 0.2) is 10.6 Å². The van der Waals surface area contributed by atoms with Crippen LogP contribution in [0.1, 0.15) is 60.7 Å². The van der Waals surface area contributed by atoms with Crippen molar-refractivity contribution in [1.29, 1.82) is 0 Å². The summed E-state index contributed by atoms with van der Waals surface area (Å²) in [6.45, 7) is 1.84. The van der Waals surface area contributed by atoms with Crippen molar-refractivity contribution in [3.63, 3.8) is 0 Å². The van der Waals surface area contributed by atoms with E-state index < -0.39 is 0 Å². The number of aliphatic hydroxyl groups is 1. The Kier molecular flexibility index (Phi) is 6.62. The first-order valence-corrected chi connectivity index (χ1v) is 9.54. The number of nitrogens with one attached hydrogen (secondary N) is 3. The van der Waals surface area contributed by atoms with Gasteiger partial charge in [-0.15, -0.1) is 0 Å². The number of carbonyl (C=O) groups excluding carboxylic acids is 2. The number of rotatable bonds is 9. The van der Waals surface area contributed by atoms with Crippen LogP contribution in [0.4, 0.5) is 0 Å². The second-order valence-electron chi connectivity index (χ2n) is 7.18. The van der Waals surface area contributed by atoms with Crippen molar-refractivity contribution >= 4 is 11.8 Å². The number of hydrogen-bond acceptors (Lipinski definition) is 6. The maximum absolute atomic E-state index is 12.3. The van der Waals surface area contributed by atoms with Crippen LogP contribution >= 0.6 is 0 Å². The monoisotopic (exact) mass is 364 g/mol. The zero-order valence-electron chi connectivity index (χ0n) is 15.0. The van der Waals surface area contributed by atoms with Gasteiger partial charge in [-0.2, -0.15) is 0 Å². The summed E-state index contributed by atoms with van der Waals surface area (Å²) >= 11 is 0. The van der Waals surface area contributed by atoms with Gasteiger partial charge in [0.05, 0.1) is 6.61 Å². The Labute approximate surface area is 153 Å². The van der Waals surface area contributed by atoms with Crippen LogP contribution in [0.5, 0.6) is 0 Å². The first kappa shape index (κ1) is 18.8. The fourth-order valence-electron chi connectivity index (χ4n) is 3.34. The minimum atomic E-state index is -0.191. The van der Waals surface area contributed by atoms with Crippen molar-refractivity contribution in [3.05, 3.63) is 17.5 Å². The van der Waals surface area contributed by atoms with Crippen LogP contribution in [0.2, 0.25) is 0 Å². The summed E-state index contributed by atoms with van der Waals surface area (Å²) in [6.07, 6.45) is 5.35. The highest BCUT2D eigenvalue weighted by atomic mass is 16.5. The normalized spacial score (nSPS) is 22.8. The molecule has 2 amide bonds. The van der Waals surface area contributed by atoms with E-state index in [-0.39, 0.29) is 30.4 Å². The van der Waals surface area contributed by atoms with Gasteiger partial charge in [0.25, 0.3) is 5.91 Å². The van der Waals surface area contributed by atoms with Crippen LogP contribution < -0.4 is 16.0 Å². The lowest BCUT2D eigenvalue weighted by molar-refractivity contribution is -0.125. The fraction of sp³-hybridized carbons (Fsp3) is 0.722. The third-order valence-corrected chi connectivity index (χ3v) is 5.06. The van der Waals surface area contributed by atoms with Gasteiger partial charge in [0.1, 0.15) is 5.76 Å². The molecule has 2 aliphatic carbocycles. The lowest BCUT2D eigenvalue weighted by atomic mass is 9.85. The van der Waals surface area contributed by atoms with Gasteiger partial charge >= 0.3 is 0 Å². The maximum atomic E-state index is 12.3. The van der Waals surface area contributed by atoms with E-state index in [9.17, 15) is 9.59 Å². The average molecular weight is 364 g/mol. The molecule has 8 nitrogen and oxygen atoms in total. The summed E-state index contributed by atoms with van der Waals surface area (Å²) in [5.41, 5.74) is 0.349. The maximum Gasteiger partial charge on any atom is 0.273 e. The van der Waals surface area contributed by atoms with E-state index in [0.29, 0.717) is 31.2 Å². The molecule has 0 bridgehead atoms. The van der Waals surface area contributed by atoms with Crippen LogP contribution in [0.3, 0.4) is 0 Å². The molecule has 26 heavy (non-hydrogen) atoms. The topological polar surface area (TPSA) is 116 Å². The molecule has 1 aromatic rings. The summed E-state index contributed by atoms with van der Waals surface area (Å²) in [4.78, 5) is 24.4. The van der Waals surface area contributed by atoms with Crippen molar-refractivity contribution in [2.45, 2.75) is 50.5 Å². The van der Waals surface area contributed by atoms with Crippen LogP contribution in [-0.4, -0.2) is 54.4 Å².